The van der Waals surface area contributed by atoms with Gasteiger partial charge in [-0.15, -0.1) is 0 Å². The number of rotatable bonds is 6. The Morgan fingerprint density at radius 1 is 1.40 bits per heavy atom. The van der Waals surface area contributed by atoms with E-state index < -0.39 is 0 Å². The van der Waals surface area contributed by atoms with Gasteiger partial charge in [0.25, 0.3) is 5.91 Å². The molecule has 1 aliphatic rings. The summed E-state index contributed by atoms with van der Waals surface area (Å²) in [5.74, 6) is 0.810. The molecule has 2 rings (SSSR count). The maximum Gasteiger partial charge on any atom is 0.265 e. The summed E-state index contributed by atoms with van der Waals surface area (Å²) in [6, 6.07) is 6.23. The number of unbranched alkanes of at least 4 members (excludes halogenated alkanes) is 1. The van der Waals surface area contributed by atoms with E-state index in [4.69, 9.17) is 10.5 Å². The predicted octanol–water partition coefficient (Wildman–Crippen LogP) is 2.49. The lowest BCUT2D eigenvalue weighted by Crippen LogP contribution is -2.38. The molecule has 1 heterocycles. The van der Waals surface area contributed by atoms with Crippen LogP contribution < -0.4 is 15.4 Å². The van der Waals surface area contributed by atoms with Crippen molar-refractivity contribution in [2.45, 2.75) is 45.6 Å². The van der Waals surface area contributed by atoms with Gasteiger partial charge in [0.05, 0.1) is 5.69 Å². The number of amides is 1. The fourth-order valence-electron chi connectivity index (χ4n) is 2.59. The van der Waals surface area contributed by atoms with Crippen molar-refractivity contribution in [3.8, 4) is 5.75 Å². The third-order valence-corrected chi connectivity index (χ3v) is 3.71. The van der Waals surface area contributed by atoms with Gasteiger partial charge in [0.2, 0.25) is 0 Å². The highest BCUT2D eigenvalue weighted by Crippen LogP contribution is 2.33. The smallest absolute Gasteiger partial charge is 0.265 e. The van der Waals surface area contributed by atoms with Crippen LogP contribution in [-0.4, -0.2) is 25.1 Å². The molecule has 1 atom stereocenters. The lowest BCUT2D eigenvalue weighted by molar-refractivity contribution is -0.121. The minimum Gasteiger partial charge on any atom is -0.482 e. The number of carbonyl (C=O) groups is 1. The quantitative estimate of drug-likeness (QED) is 0.868. The van der Waals surface area contributed by atoms with Crippen molar-refractivity contribution in [3.63, 3.8) is 0 Å². The van der Waals surface area contributed by atoms with Gasteiger partial charge in [0.15, 0.2) is 6.61 Å². The Labute approximate surface area is 120 Å². The fraction of sp³-hybridized carbons (Fsp3) is 0.562. The van der Waals surface area contributed by atoms with E-state index in [0.29, 0.717) is 6.54 Å². The zero-order valence-corrected chi connectivity index (χ0v) is 12.4. The van der Waals surface area contributed by atoms with Crippen molar-refractivity contribution in [1.82, 2.24) is 0 Å². The first kappa shape index (κ1) is 14.9. The van der Waals surface area contributed by atoms with E-state index in [1.807, 2.05) is 25.1 Å². The largest absolute Gasteiger partial charge is 0.482 e. The second-order valence-corrected chi connectivity index (χ2v) is 5.34. The van der Waals surface area contributed by atoms with Crippen molar-refractivity contribution < 1.29 is 9.53 Å². The highest BCUT2D eigenvalue weighted by molar-refractivity contribution is 5.97. The van der Waals surface area contributed by atoms with Crippen LogP contribution >= 0.6 is 0 Å². The molecule has 4 nitrogen and oxygen atoms in total. The van der Waals surface area contributed by atoms with Crippen LogP contribution in [0.2, 0.25) is 0 Å². The third-order valence-electron chi connectivity index (χ3n) is 3.71. The zero-order valence-electron chi connectivity index (χ0n) is 12.4. The fourth-order valence-corrected chi connectivity index (χ4v) is 2.59. The van der Waals surface area contributed by atoms with Gasteiger partial charge in [-0.05, 0) is 37.5 Å². The molecule has 1 amide bonds. The average Bonchev–Trinajstić information content (AvgIpc) is 2.45. The Morgan fingerprint density at radius 2 is 2.20 bits per heavy atom. The maximum atomic E-state index is 11.8. The van der Waals surface area contributed by atoms with Crippen LogP contribution in [0.1, 0.15) is 38.7 Å². The van der Waals surface area contributed by atoms with Gasteiger partial charge < -0.3 is 15.4 Å². The molecule has 0 fully saturated rings. The van der Waals surface area contributed by atoms with Gasteiger partial charge in [-0.25, -0.2) is 0 Å². The summed E-state index contributed by atoms with van der Waals surface area (Å²) in [5.41, 5.74) is 8.20. The summed E-state index contributed by atoms with van der Waals surface area (Å²) < 4.78 is 5.47. The molecule has 4 heteroatoms. The SMILES string of the molecule is CCCCC(N)Cc1ccc2c(c1)N(CC)C(=O)CO2. The molecule has 2 N–H and O–H groups in total. The number of hydrogen-bond donors (Lipinski definition) is 1. The van der Waals surface area contributed by atoms with Crippen LogP contribution in [-0.2, 0) is 11.2 Å². The number of hydrogen-bond acceptors (Lipinski definition) is 3. The molecule has 0 saturated carbocycles. The summed E-state index contributed by atoms with van der Waals surface area (Å²) in [6.45, 7) is 4.96. The molecule has 0 saturated heterocycles. The van der Waals surface area contributed by atoms with Gasteiger partial charge in [-0.3, -0.25) is 4.79 Å². The first-order valence-electron chi connectivity index (χ1n) is 7.47. The van der Waals surface area contributed by atoms with Gasteiger partial charge in [0.1, 0.15) is 5.75 Å². The Kier molecular flexibility index (Phi) is 5.01. The number of carbonyl (C=O) groups excluding carboxylic acids is 1. The highest BCUT2D eigenvalue weighted by atomic mass is 16.5. The molecule has 0 spiro atoms. The molecule has 1 unspecified atom stereocenters. The van der Waals surface area contributed by atoms with E-state index in [-0.39, 0.29) is 18.6 Å². The highest BCUT2D eigenvalue weighted by Gasteiger charge is 2.24. The minimum absolute atomic E-state index is 0.0208. The van der Waals surface area contributed by atoms with E-state index in [0.717, 1.165) is 30.7 Å². The van der Waals surface area contributed by atoms with Gasteiger partial charge in [0, 0.05) is 12.6 Å². The summed E-state index contributed by atoms with van der Waals surface area (Å²) in [5, 5.41) is 0. The molecule has 1 aliphatic heterocycles. The maximum absolute atomic E-state index is 11.8. The lowest BCUT2D eigenvalue weighted by atomic mass is 10.0. The number of ether oxygens (including phenoxy) is 1. The molecule has 110 valence electrons. The second kappa shape index (κ2) is 6.75. The monoisotopic (exact) mass is 276 g/mol. The van der Waals surface area contributed by atoms with Crippen LogP contribution in [0.25, 0.3) is 0 Å². The molecule has 0 radical (unpaired) electrons. The normalized spacial score (nSPS) is 15.8. The lowest BCUT2D eigenvalue weighted by Gasteiger charge is -2.29. The molecule has 20 heavy (non-hydrogen) atoms. The van der Waals surface area contributed by atoms with Gasteiger partial charge in [-0.1, -0.05) is 25.8 Å². The Hall–Kier alpha value is -1.55. The Morgan fingerprint density at radius 3 is 2.90 bits per heavy atom. The van der Waals surface area contributed by atoms with Crippen molar-refractivity contribution >= 4 is 11.6 Å². The number of nitrogens with zero attached hydrogens (tertiary/aromatic N) is 1. The van der Waals surface area contributed by atoms with Crippen molar-refractivity contribution in [3.05, 3.63) is 23.8 Å². The first-order valence-corrected chi connectivity index (χ1v) is 7.47. The van der Waals surface area contributed by atoms with E-state index in [2.05, 4.69) is 6.92 Å². The molecule has 1 aromatic rings. The van der Waals surface area contributed by atoms with E-state index in [9.17, 15) is 4.79 Å². The third kappa shape index (κ3) is 3.31. The Bertz CT molecular complexity index is 474. The van der Waals surface area contributed by atoms with Crippen LogP contribution in [0.15, 0.2) is 18.2 Å². The van der Waals surface area contributed by atoms with Crippen molar-refractivity contribution in [2.24, 2.45) is 5.73 Å². The topological polar surface area (TPSA) is 55.6 Å². The van der Waals surface area contributed by atoms with Crippen LogP contribution in [0.3, 0.4) is 0 Å². The van der Waals surface area contributed by atoms with Crippen molar-refractivity contribution in [2.75, 3.05) is 18.1 Å². The number of benzene rings is 1. The molecular weight excluding hydrogens is 252 g/mol. The standard InChI is InChI=1S/C16H24N2O2/c1-3-5-6-13(17)9-12-7-8-15-14(10-12)18(4-2)16(19)11-20-15/h7-8,10,13H,3-6,9,11,17H2,1-2H3. The van der Waals surface area contributed by atoms with Crippen molar-refractivity contribution in [1.29, 1.82) is 0 Å². The number of anilines is 1. The summed E-state index contributed by atoms with van der Waals surface area (Å²) in [7, 11) is 0. The van der Waals surface area contributed by atoms with Crippen LogP contribution in [0, 0.1) is 0 Å². The number of nitrogens with two attached hydrogens (primary N) is 1. The van der Waals surface area contributed by atoms with Crippen LogP contribution in [0.4, 0.5) is 5.69 Å². The molecule has 0 aromatic heterocycles. The van der Waals surface area contributed by atoms with Gasteiger partial charge in [-0.2, -0.15) is 0 Å². The number of likely N-dealkylation sites (N-methyl/N-ethyl adjacent to an activating group) is 1. The second-order valence-electron chi connectivity index (χ2n) is 5.34. The van der Waals surface area contributed by atoms with E-state index in [1.54, 1.807) is 4.90 Å². The first-order chi connectivity index (χ1) is 9.65. The number of fused-ring (bicyclic) bond motifs is 1. The molecular formula is C16H24N2O2. The molecule has 1 aromatic carbocycles. The average molecular weight is 276 g/mol. The molecule has 0 aliphatic carbocycles. The van der Waals surface area contributed by atoms with E-state index in [1.165, 1.54) is 12.0 Å². The molecule has 0 bridgehead atoms. The summed E-state index contributed by atoms with van der Waals surface area (Å²) >= 11 is 0. The predicted molar refractivity (Wildman–Crippen MR) is 81.2 cm³/mol. The minimum atomic E-state index is 0.0208. The summed E-state index contributed by atoms with van der Waals surface area (Å²) in [6.07, 6.45) is 4.22. The zero-order chi connectivity index (χ0) is 14.5. The Balaban J connectivity index is 2.13. The van der Waals surface area contributed by atoms with Gasteiger partial charge >= 0.3 is 0 Å². The summed E-state index contributed by atoms with van der Waals surface area (Å²) in [4.78, 5) is 13.6. The van der Waals surface area contributed by atoms with E-state index >= 15 is 0 Å². The van der Waals surface area contributed by atoms with Crippen LogP contribution in [0.5, 0.6) is 5.75 Å².